The van der Waals surface area contributed by atoms with Crippen LogP contribution in [0.4, 0.5) is 5.13 Å². The van der Waals surface area contributed by atoms with Crippen LogP contribution in [0.15, 0.2) is 5.38 Å². The van der Waals surface area contributed by atoms with Gasteiger partial charge in [-0.25, -0.2) is 4.98 Å². The highest BCUT2D eigenvalue weighted by atomic mass is 32.1. The summed E-state index contributed by atoms with van der Waals surface area (Å²) >= 11 is 1.44. The predicted octanol–water partition coefficient (Wildman–Crippen LogP) is 2.24. The van der Waals surface area contributed by atoms with E-state index in [0.29, 0.717) is 19.0 Å². The Morgan fingerprint density at radius 2 is 2.00 bits per heavy atom. The molecular weight excluding hydrogens is 336 g/mol. The first-order chi connectivity index (χ1) is 12.2. The van der Waals surface area contributed by atoms with Crippen LogP contribution in [0.1, 0.15) is 57.1 Å². The molecule has 0 unspecified atom stereocenters. The van der Waals surface area contributed by atoms with E-state index < -0.39 is 0 Å². The van der Waals surface area contributed by atoms with E-state index in [1.807, 2.05) is 5.38 Å². The van der Waals surface area contributed by atoms with Gasteiger partial charge in [-0.1, -0.05) is 25.7 Å². The summed E-state index contributed by atoms with van der Waals surface area (Å²) in [6.45, 7) is 2.21. The summed E-state index contributed by atoms with van der Waals surface area (Å²) in [6, 6.07) is 0.610. The highest BCUT2D eigenvalue weighted by Gasteiger charge is 2.24. The molecule has 0 aromatic carbocycles. The first-order valence-corrected chi connectivity index (χ1v) is 10.3. The van der Waals surface area contributed by atoms with Gasteiger partial charge >= 0.3 is 0 Å². The summed E-state index contributed by atoms with van der Waals surface area (Å²) in [5.74, 6) is 0.127. The molecule has 0 radical (unpaired) electrons. The average molecular weight is 365 g/mol. The Balaban J connectivity index is 1.35. The van der Waals surface area contributed by atoms with E-state index >= 15 is 0 Å². The van der Waals surface area contributed by atoms with Gasteiger partial charge < -0.3 is 10.6 Å². The number of carbonyl (C=O) groups excluding carboxylic acids is 2. The van der Waals surface area contributed by atoms with Gasteiger partial charge in [0.25, 0.3) is 0 Å². The zero-order chi connectivity index (χ0) is 17.5. The van der Waals surface area contributed by atoms with Crippen molar-refractivity contribution in [2.45, 2.75) is 63.8 Å². The number of nitrogens with one attached hydrogen (secondary N) is 2. The quantitative estimate of drug-likeness (QED) is 0.575. The number of hydrogen-bond donors (Lipinski definition) is 2. The summed E-state index contributed by atoms with van der Waals surface area (Å²) < 4.78 is 0. The molecule has 2 aliphatic rings. The monoisotopic (exact) mass is 364 g/mol. The molecule has 138 valence electrons. The fraction of sp³-hybridized carbons (Fsp3) is 0.722. The Hall–Kier alpha value is -1.47. The molecule has 0 atom stereocenters. The Bertz CT molecular complexity index is 581. The van der Waals surface area contributed by atoms with Gasteiger partial charge in [0, 0.05) is 37.5 Å². The second-order valence-electron chi connectivity index (χ2n) is 6.94. The summed E-state index contributed by atoms with van der Waals surface area (Å²) in [7, 11) is 0. The third-order valence-electron chi connectivity index (χ3n) is 4.92. The van der Waals surface area contributed by atoms with Crippen molar-refractivity contribution in [1.29, 1.82) is 0 Å². The molecule has 1 aliphatic heterocycles. The van der Waals surface area contributed by atoms with Gasteiger partial charge in [0.15, 0.2) is 5.13 Å². The normalized spacial score (nSPS) is 19.2. The lowest BCUT2D eigenvalue weighted by atomic mass is 10.1. The van der Waals surface area contributed by atoms with Gasteiger partial charge in [-0.3, -0.25) is 14.5 Å². The molecule has 1 aliphatic carbocycles. The van der Waals surface area contributed by atoms with E-state index in [0.717, 1.165) is 30.3 Å². The maximum absolute atomic E-state index is 12.1. The van der Waals surface area contributed by atoms with Crippen LogP contribution >= 0.6 is 11.3 Å². The standard InChI is InChI=1S/C18H28N4O2S/c23-16(20-10-9-19-14-6-3-1-2-4-7-14)12-15-13-25-18(21-15)22-11-5-8-17(22)24/h13-14,19H,1-12H2,(H,20,23). The van der Waals surface area contributed by atoms with Crippen LogP contribution in [0, 0.1) is 0 Å². The van der Waals surface area contributed by atoms with Crippen LogP contribution < -0.4 is 15.5 Å². The van der Waals surface area contributed by atoms with Crippen molar-refractivity contribution in [3.05, 3.63) is 11.1 Å². The molecular formula is C18H28N4O2S. The topological polar surface area (TPSA) is 74.3 Å². The summed E-state index contributed by atoms with van der Waals surface area (Å²) in [4.78, 5) is 30.0. The molecule has 2 amide bonds. The fourth-order valence-corrected chi connectivity index (χ4v) is 4.41. The minimum atomic E-state index is -0.00716. The molecule has 7 heteroatoms. The third-order valence-corrected chi connectivity index (χ3v) is 5.83. The number of thiazole rings is 1. The Morgan fingerprint density at radius 3 is 2.72 bits per heavy atom. The van der Waals surface area contributed by atoms with E-state index in [-0.39, 0.29) is 18.2 Å². The smallest absolute Gasteiger partial charge is 0.228 e. The van der Waals surface area contributed by atoms with Gasteiger partial charge in [-0.05, 0) is 19.3 Å². The summed E-state index contributed by atoms with van der Waals surface area (Å²) in [5, 5.41) is 9.11. The van der Waals surface area contributed by atoms with Crippen LogP contribution in [-0.2, 0) is 16.0 Å². The minimum Gasteiger partial charge on any atom is -0.354 e. The van der Waals surface area contributed by atoms with E-state index in [1.165, 1.54) is 49.9 Å². The van der Waals surface area contributed by atoms with E-state index in [1.54, 1.807) is 4.90 Å². The highest BCUT2D eigenvalue weighted by molar-refractivity contribution is 7.14. The van der Waals surface area contributed by atoms with Gasteiger partial charge in [0.1, 0.15) is 0 Å². The molecule has 2 fully saturated rings. The number of carbonyl (C=O) groups is 2. The first kappa shape index (κ1) is 18.3. The van der Waals surface area contributed by atoms with Crippen LogP contribution in [0.25, 0.3) is 0 Å². The van der Waals surface area contributed by atoms with Crippen molar-refractivity contribution in [3.63, 3.8) is 0 Å². The highest BCUT2D eigenvalue weighted by Crippen LogP contribution is 2.25. The van der Waals surface area contributed by atoms with E-state index in [4.69, 9.17) is 0 Å². The molecule has 1 aromatic heterocycles. The molecule has 6 nitrogen and oxygen atoms in total. The molecule has 0 spiro atoms. The minimum absolute atomic E-state index is 0.00716. The summed E-state index contributed by atoms with van der Waals surface area (Å²) in [6.07, 6.45) is 9.62. The third kappa shape index (κ3) is 5.51. The maximum Gasteiger partial charge on any atom is 0.228 e. The van der Waals surface area contributed by atoms with Crippen molar-refractivity contribution in [2.75, 3.05) is 24.5 Å². The number of hydrogen-bond acceptors (Lipinski definition) is 5. The van der Waals surface area contributed by atoms with Gasteiger partial charge in [0.05, 0.1) is 12.1 Å². The molecule has 2 heterocycles. The number of amides is 2. The molecule has 3 rings (SSSR count). The first-order valence-electron chi connectivity index (χ1n) is 9.47. The van der Waals surface area contributed by atoms with Crippen molar-refractivity contribution in [3.8, 4) is 0 Å². The Labute approximate surface area is 153 Å². The van der Waals surface area contributed by atoms with Gasteiger partial charge in [-0.2, -0.15) is 0 Å². The second-order valence-corrected chi connectivity index (χ2v) is 7.78. The molecule has 1 saturated carbocycles. The maximum atomic E-state index is 12.1. The molecule has 1 aromatic rings. The number of rotatable bonds is 7. The second kappa shape index (κ2) is 9.29. The van der Waals surface area contributed by atoms with Gasteiger partial charge in [-0.15, -0.1) is 11.3 Å². The molecule has 0 bridgehead atoms. The van der Waals surface area contributed by atoms with Crippen LogP contribution in [-0.4, -0.2) is 42.5 Å². The molecule has 25 heavy (non-hydrogen) atoms. The number of anilines is 1. The summed E-state index contributed by atoms with van der Waals surface area (Å²) in [5.41, 5.74) is 0.744. The number of aromatic nitrogens is 1. The van der Waals surface area contributed by atoms with Crippen molar-refractivity contribution in [1.82, 2.24) is 15.6 Å². The van der Waals surface area contributed by atoms with Crippen LogP contribution in [0.5, 0.6) is 0 Å². The van der Waals surface area contributed by atoms with Crippen molar-refractivity contribution < 1.29 is 9.59 Å². The largest absolute Gasteiger partial charge is 0.354 e. The van der Waals surface area contributed by atoms with Crippen LogP contribution in [0.2, 0.25) is 0 Å². The number of nitrogens with zero attached hydrogens (tertiary/aromatic N) is 2. The van der Waals surface area contributed by atoms with Crippen molar-refractivity contribution in [2.24, 2.45) is 0 Å². The Kier molecular flexibility index (Phi) is 6.81. The lowest BCUT2D eigenvalue weighted by Gasteiger charge is -2.16. The SMILES string of the molecule is O=C(Cc1csc(N2CCCC2=O)n1)NCCNC1CCCCCC1. The molecule has 1 saturated heterocycles. The zero-order valence-electron chi connectivity index (χ0n) is 14.8. The Morgan fingerprint density at radius 1 is 1.20 bits per heavy atom. The average Bonchev–Trinajstić information content (AvgIpc) is 3.13. The lowest BCUT2D eigenvalue weighted by molar-refractivity contribution is -0.120. The van der Waals surface area contributed by atoms with Gasteiger partial charge in [0.2, 0.25) is 11.8 Å². The van der Waals surface area contributed by atoms with E-state index in [2.05, 4.69) is 15.6 Å². The predicted molar refractivity (Wildman–Crippen MR) is 99.9 cm³/mol. The lowest BCUT2D eigenvalue weighted by Crippen LogP contribution is -2.37. The zero-order valence-corrected chi connectivity index (χ0v) is 15.6. The molecule has 2 N–H and O–H groups in total. The van der Waals surface area contributed by atoms with E-state index in [9.17, 15) is 9.59 Å². The fourth-order valence-electron chi connectivity index (χ4n) is 3.54. The van der Waals surface area contributed by atoms with Crippen LogP contribution in [0.3, 0.4) is 0 Å². The van der Waals surface area contributed by atoms with Crippen molar-refractivity contribution >= 4 is 28.3 Å².